The first-order valence-corrected chi connectivity index (χ1v) is 7.59. The number of aromatic nitrogens is 2. The first-order valence-electron chi connectivity index (χ1n) is 6.77. The molecule has 2 heterocycles. The van der Waals surface area contributed by atoms with Crippen LogP contribution in [-0.4, -0.2) is 9.97 Å². The summed E-state index contributed by atoms with van der Waals surface area (Å²) in [6.45, 7) is 0. The van der Waals surface area contributed by atoms with Crippen LogP contribution in [-0.2, 0) is 52.6 Å². The van der Waals surface area contributed by atoms with Gasteiger partial charge in [0, 0.05) is 12.4 Å². The van der Waals surface area contributed by atoms with E-state index in [1.807, 2.05) is 60.7 Å². The van der Waals surface area contributed by atoms with Crippen molar-refractivity contribution in [1.82, 2.24) is 9.97 Å². The maximum absolute atomic E-state index is 5.09. The number of hydrogen-bond acceptors (Lipinski definition) is 4. The van der Waals surface area contributed by atoms with Gasteiger partial charge < -0.3 is 25.3 Å². The molecule has 0 unspecified atom stereocenters. The van der Waals surface area contributed by atoms with Crippen LogP contribution in [0.2, 0.25) is 0 Å². The van der Waals surface area contributed by atoms with Crippen LogP contribution in [0.1, 0.15) is 0 Å². The summed E-state index contributed by atoms with van der Waals surface area (Å²) < 4.78 is 0. The van der Waals surface area contributed by atoms with Gasteiger partial charge in [0.05, 0.1) is 11.0 Å². The molecule has 4 aromatic rings. The van der Waals surface area contributed by atoms with Gasteiger partial charge in [-0.2, -0.15) is 0 Å². The summed E-state index contributed by atoms with van der Waals surface area (Å²) in [6, 6.07) is 19.6. The fourth-order valence-corrected chi connectivity index (χ4v) is 2.65. The van der Waals surface area contributed by atoms with Crippen molar-refractivity contribution in [1.29, 1.82) is 0 Å². The zero-order valence-electron chi connectivity index (χ0n) is 12.3. The quantitative estimate of drug-likeness (QED) is 0.306. The summed E-state index contributed by atoms with van der Waals surface area (Å²) in [4.78, 5) is 10.00. The van der Waals surface area contributed by atoms with Gasteiger partial charge in [-0.3, -0.25) is 9.97 Å². The Morgan fingerprint density at radius 2 is 0.957 bits per heavy atom. The van der Waals surface area contributed by atoms with Crippen LogP contribution in [0.4, 0.5) is 0 Å². The van der Waals surface area contributed by atoms with Crippen molar-refractivity contribution in [3.05, 3.63) is 73.1 Å². The van der Waals surface area contributed by atoms with Crippen LogP contribution in [0.15, 0.2) is 82.8 Å². The van der Waals surface area contributed by atoms with Gasteiger partial charge in [-0.05, 0) is 22.9 Å². The summed E-state index contributed by atoms with van der Waals surface area (Å²) in [6.07, 6.45) is 3.52. The van der Waals surface area contributed by atoms with E-state index in [9.17, 15) is 0 Å². The van der Waals surface area contributed by atoms with Gasteiger partial charge in [0.1, 0.15) is 0 Å². The van der Waals surface area contributed by atoms with Crippen LogP contribution < -0.4 is 0 Å². The number of benzene rings is 2. The zero-order valence-corrected chi connectivity index (χ0v) is 18.0. The van der Waals surface area contributed by atoms with Crippen LogP contribution in [0, 0.1) is 0 Å². The summed E-state index contributed by atoms with van der Waals surface area (Å²) in [5, 5.41) is 2.22. The van der Waals surface area contributed by atoms with E-state index in [4.69, 9.17) is 25.3 Å². The van der Waals surface area contributed by atoms with Crippen molar-refractivity contribution in [2.24, 2.45) is 0 Å². The van der Waals surface area contributed by atoms with Gasteiger partial charge in [0.2, 0.25) is 0 Å². The van der Waals surface area contributed by atoms with Crippen molar-refractivity contribution in [2.45, 2.75) is 9.79 Å². The Hall–Kier alpha value is -1.38. The predicted molar refractivity (Wildman–Crippen MR) is 94.7 cm³/mol. The second-order valence-corrected chi connectivity index (χ2v) is 5.54. The Balaban J connectivity index is 0.000000160. The molecule has 0 atom stereocenters. The molecule has 23 heavy (non-hydrogen) atoms. The van der Waals surface area contributed by atoms with Crippen molar-refractivity contribution in [3.8, 4) is 0 Å². The van der Waals surface area contributed by atoms with E-state index < -0.39 is 0 Å². The van der Waals surface area contributed by atoms with Gasteiger partial charge in [-0.25, -0.2) is 0 Å². The van der Waals surface area contributed by atoms with Crippen LogP contribution in [0.25, 0.3) is 21.8 Å². The van der Waals surface area contributed by atoms with Crippen molar-refractivity contribution >= 4 is 47.1 Å². The molecule has 0 spiro atoms. The van der Waals surface area contributed by atoms with Crippen molar-refractivity contribution < 1.29 is 27.3 Å². The molecule has 0 amide bonds. The Labute approximate surface area is 166 Å². The van der Waals surface area contributed by atoms with Gasteiger partial charge in [-0.1, -0.05) is 48.5 Å². The molecule has 0 radical (unpaired) electrons. The fourth-order valence-electron chi connectivity index (χ4n) is 2.15. The topological polar surface area (TPSA) is 25.8 Å². The number of nitrogens with zero attached hydrogens (tertiary/aromatic N) is 2. The molecule has 0 aliphatic heterocycles. The molecule has 108 valence electrons. The molecule has 0 saturated carbocycles. The normalized spacial score (nSPS) is 9.74. The number of pyridine rings is 2. The molecule has 0 aliphatic rings. The Bertz CT molecular complexity index is 841. The van der Waals surface area contributed by atoms with Crippen LogP contribution in [0.5, 0.6) is 0 Å². The molecule has 0 aliphatic carbocycles. The van der Waals surface area contributed by atoms with E-state index in [0.29, 0.717) is 0 Å². The standard InChI is InChI=1S/2C9H7NS.Cd/c2*11-8-5-1-3-7-4-2-6-10-9(7)8;/h2*1-6,11H;/q;;+2/p-2. The Morgan fingerprint density at radius 3 is 1.35 bits per heavy atom. The molecule has 0 N–H and O–H groups in total. The summed E-state index contributed by atoms with van der Waals surface area (Å²) in [5.41, 5.74) is 1.84. The van der Waals surface area contributed by atoms with E-state index in [1.165, 1.54) is 0 Å². The van der Waals surface area contributed by atoms with Gasteiger partial charge in [0.25, 0.3) is 0 Å². The van der Waals surface area contributed by atoms with Crippen molar-refractivity contribution in [3.63, 3.8) is 0 Å². The Morgan fingerprint density at radius 1 is 0.565 bits per heavy atom. The first kappa shape index (κ1) is 18.0. The molecule has 0 saturated heterocycles. The SMILES string of the molecule is [Cd+2].[S-]c1cccc2cccnc12.[S-]c1cccc2cccnc12. The average molecular weight is 433 g/mol. The third-order valence-corrected chi connectivity index (χ3v) is 3.85. The van der Waals surface area contributed by atoms with Gasteiger partial charge >= 0.3 is 27.3 Å². The molecule has 2 aromatic carbocycles. The zero-order chi connectivity index (χ0) is 15.4. The third kappa shape index (κ3) is 4.33. The van der Waals surface area contributed by atoms with E-state index in [-0.39, 0.29) is 27.3 Å². The minimum Gasteiger partial charge on any atom is -0.778 e. The summed E-state index contributed by atoms with van der Waals surface area (Å²) >= 11 is 10.2. The van der Waals surface area contributed by atoms with Crippen LogP contribution in [0.3, 0.4) is 0 Å². The summed E-state index contributed by atoms with van der Waals surface area (Å²) in [7, 11) is 0. The minimum absolute atomic E-state index is 0. The molecule has 0 fully saturated rings. The largest absolute Gasteiger partial charge is 2.00 e. The molecular weight excluding hydrogens is 421 g/mol. The molecule has 5 heteroatoms. The maximum atomic E-state index is 5.09. The van der Waals surface area contributed by atoms with Gasteiger partial charge in [-0.15, -0.1) is 9.79 Å². The number of para-hydroxylation sites is 2. The second-order valence-electron chi connectivity index (χ2n) is 4.66. The number of hydrogen-bond donors (Lipinski definition) is 0. The molecule has 2 nitrogen and oxygen atoms in total. The predicted octanol–water partition coefficient (Wildman–Crippen LogP) is 4.28. The molecule has 0 bridgehead atoms. The van der Waals surface area contributed by atoms with Gasteiger partial charge in [0.15, 0.2) is 0 Å². The first-order chi connectivity index (χ1) is 10.8. The summed E-state index contributed by atoms with van der Waals surface area (Å²) in [5.74, 6) is 0. The Kier molecular flexibility index (Phi) is 6.61. The van der Waals surface area contributed by atoms with Crippen molar-refractivity contribution in [2.75, 3.05) is 0 Å². The van der Waals surface area contributed by atoms with E-state index in [0.717, 1.165) is 31.6 Å². The smallest absolute Gasteiger partial charge is 0.778 e. The van der Waals surface area contributed by atoms with Crippen LogP contribution >= 0.6 is 0 Å². The number of rotatable bonds is 0. The molecular formula is C18H12CdN2S2. The maximum Gasteiger partial charge on any atom is 2.00 e. The van der Waals surface area contributed by atoms with E-state index in [2.05, 4.69) is 9.97 Å². The average Bonchev–Trinajstić information content (AvgIpc) is 2.57. The fraction of sp³-hybridized carbons (Fsp3) is 0. The minimum atomic E-state index is 0. The number of fused-ring (bicyclic) bond motifs is 2. The monoisotopic (exact) mass is 434 g/mol. The molecule has 4 rings (SSSR count). The molecule has 2 aromatic heterocycles. The van der Waals surface area contributed by atoms with E-state index >= 15 is 0 Å². The third-order valence-electron chi connectivity index (χ3n) is 3.19. The second kappa shape index (κ2) is 8.47. The van der Waals surface area contributed by atoms with E-state index in [1.54, 1.807) is 12.4 Å².